The van der Waals surface area contributed by atoms with Gasteiger partial charge in [0.1, 0.15) is 0 Å². The zero-order valence-electron chi connectivity index (χ0n) is 10.5. The van der Waals surface area contributed by atoms with Gasteiger partial charge in [-0.25, -0.2) is 0 Å². The van der Waals surface area contributed by atoms with Crippen LogP contribution < -0.4 is 11.1 Å². The Morgan fingerprint density at radius 3 is 2.59 bits per heavy atom. The molecule has 2 atom stereocenters. The number of anilines is 1. The molecule has 1 aromatic carbocycles. The molecule has 0 amide bonds. The summed E-state index contributed by atoms with van der Waals surface area (Å²) in [6.45, 7) is 2.18. The molecule has 0 aliphatic heterocycles. The molecule has 1 fully saturated rings. The van der Waals surface area contributed by atoms with Crippen molar-refractivity contribution >= 4 is 17.4 Å². The van der Waals surface area contributed by atoms with Gasteiger partial charge in [-0.1, -0.05) is 19.8 Å². The number of hydrogen-bond donors (Lipinski definition) is 2. The van der Waals surface area contributed by atoms with E-state index in [2.05, 4.69) is 36.5 Å². The molecule has 0 radical (unpaired) electrons. The molecule has 3 N–H and O–H groups in total. The van der Waals surface area contributed by atoms with Gasteiger partial charge in [0.05, 0.1) is 0 Å². The Kier molecular flexibility index (Phi) is 4.75. The fourth-order valence-electron chi connectivity index (χ4n) is 2.37. The molecule has 1 aromatic rings. The zero-order valence-corrected chi connectivity index (χ0v) is 11.3. The second-order valence-corrected chi connectivity index (χ2v) is 5.99. The third-order valence-corrected chi connectivity index (χ3v) is 4.23. The van der Waals surface area contributed by atoms with Crippen LogP contribution in [0.2, 0.25) is 0 Å². The number of nitrogens with one attached hydrogen (secondary N) is 1. The maximum Gasteiger partial charge on any atom is 0.0412 e. The van der Waals surface area contributed by atoms with Gasteiger partial charge in [0.25, 0.3) is 0 Å². The van der Waals surface area contributed by atoms with Crippen molar-refractivity contribution in [3.63, 3.8) is 0 Å². The summed E-state index contributed by atoms with van der Waals surface area (Å²) >= 11 is 1.88. The molecule has 0 aromatic heterocycles. The first kappa shape index (κ1) is 12.8. The number of hydrogen-bond acceptors (Lipinski definition) is 3. The van der Waals surface area contributed by atoms with Crippen molar-refractivity contribution in [3.05, 3.63) is 24.3 Å². The monoisotopic (exact) mass is 250 g/mol. The van der Waals surface area contributed by atoms with E-state index in [1.807, 2.05) is 11.8 Å². The molecule has 0 spiro atoms. The smallest absolute Gasteiger partial charge is 0.0412 e. The fraction of sp³-hybridized carbons (Fsp3) is 0.571. The lowest BCUT2D eigenvalue weighted by Crippen LogP contribution is -2.42. The molecule has 2 rings (SSSR count). The highest BCUT2D eigenvalue weighted by Gasteiger charge is 2.21. The number of nitrogens with two attached hydrogens (primary N) is 1. The van der Waals surface area contributed by atoms with E-state index >= 15 is 0 Å². The van der Waals surface area contributed by atoms with Crippen molar-refractivity contribution in [1.29, 1.82) is 0 Å². The summed E-state index contributed by atoms with van der Waals surface area (Å²) in [5, 5.41) is 3.57. The van der Waals surface area contributed by atoms with Crippen LogP contribution in [-0.4, -0.2) is 17.8 Å². The van der Waals surface area contributed by atoms with E-state index in [9.17, 15) is 0 Å². The summed E-state index contributed by atoms with van der Waals surface area (Å²) in [5.41, 5.74) is 7.34. The quantitative estimate of drug-likeness (QED) is 0.803. The van der Waals surface area contributed by atoms with E-state index in [1.54, 1.807) is 0 Å². The molecule has 2 unspecified atom stereocenters. The second kappa shape index (κ2) is 6.31. The van der Waals surface area contributed by atoms with Crippen molar-refractivity contribution in [2.24, 2.45) is 5.73 Å². The molecule has 17 heavy (non-hydrogen) atoms. The van der Waals surface area contributed by atoms with Crippen LogP contribution in [0, 0.1) is 0 Å². The Balaban J connectivity index is 1.93. The van der Waals surface area contributed by atoms with Crippen molar-refractivity contribution in [2.45, 2.75) is 49.6 Å². The Bertz CT molecular complexity index is 337. The lowest BCUT2D eigenvalue weighted by atomic mass is 9.91. The predicted molar refractivity (Wildman–Crippen MR) is 76.7 cm³/mol. The Morgan fingerprint density at radius 1 is 1.24 bits per heavy atom. The average Bonchev–Trinajstić information content (AvgIpc) is 2.35. The molecule has 3 heteroatoms. The van der Waals surface area contributed by atoms with Crippen LogP contribution in [0.5, 0.6) is 0 Å². The molecule has 0 saturated heterocycles. The van der Waals surface area contributed by atoms with Gasteiger partial charge < -0.3 is 11.1 Å². The van der Waals surface area contributed by atoms with Crippen LogP contribution in [0.1, 0.15) is 32.6 Å². The van der Waals surface area contributed by atoms with Gasteiger partial charge >= 0.3 is 0 Å². The molecule has 94 valence electrons. The minimum atomic E-state index is 0.313. The first-order valence-electron chi connectivity index (χ1n) is 6.54. The number of benzene rings is 1. The Morgan fingerprint density at radius 2 is 1.94 bits per heavy atom. The van der Waals surface area contributed by atoms with E-state index in [0.29, 0.717) is 12.1 Å². The Hall–Kier alpha value is -0.670. The first-order valence-corrected chi connectivity index (χ1v) is 7.53. The summed E-state index contributed by atoms with van der Waals surface area (Å²) in [7, 11) is 0. The summed E-state index contributed by atoms with van der Waals surface area (Å²) in [6, 6.07) is 9.47. The summed E-state index contributed by atoms with van der Waals surface area (Å²) in [4.78, 5) is 1.34. The van der Waals surface area contributed by atoms with Gasteiger partial charge in [-0.2, -0.15) is 0 Å². The standard InChI is InChI=1S/C14H22N2S/c1-2-17-12-9-7-11(8-10-12)16-14-6-4-3-5-13(14)15/h7-10,13-14,16H,2-6,15H2,1H3. The maximum atomic E-state index is 6.14. The summed E-state index contributed by atoms with van der Waals surface area (Å²) in [6.07, 6.45) is 4.94. The van der Waals surface area contributed by atoms with Gasteiger partial charge in [-0.15, -0.1) is 11.8 Å². The third-order valence-electron chi connectivity index (χ3n) is 3.34. The SMILES string of the molecule is CCSc1ccc(NC2CCCCC2N)cc1. The first-order chi connectivity index (χ1) is 8.29. The van der Waals surface area contributed by atoms with E-state index in [-0.39, 0.29) is 0 Å². The van der Waals surface area contributed by atoms with Gasteiger partial charge in [0, 0.05) is 22.7 Å². The second-order valence-electron chi connectivity index (χ2n) is 4.66. The summed E-state index contributed by atoms with van der Waals surface area (Å²) < 4.78 is 0. The highest BCUT2D eigenvalue weighted by atomic mass is 32.2. The molecule has 2 nitrogen and oxygen atoms in total. The van der Waals surface area contributed by atoms with Crippen molar-refractivity contribution in [3.8, 4) is 0 Å². The number of rotatable bonds is 4. The highest BCUT2D eigenvalue weighted by molar-refractivity contribution is 7.99. The van der Waals surface area contributed by atoms with Crippen LogP contribution in [0.15, 0.2) is 29.2 Å². The topological polar surface area (TPSA) is 38.0 Å². The van der Waals surface area contributed by atoms with E-state index < -0.39 is 0 Å². The van der Waals surface area contributed by atoms with E-state index in [1.165, 1.54) is 29.8 Å². The third kappa shape index (κ3) is 3.65. The van der Waals surface area contributed by atoms with Crippen LogP contribution in [0.4, 0.5) is 5.69 Å². The molecule has 1 aliphatic carbocycles. The average molecular weight is 250 g/mol. The van der Waals surface area contributed by atoms with Crippen molar-refractivity contribution in [1.82, 2.24) is 0 Å². The molecule has 1 saturated carbocycles. The van der Waals surface area contributed by atoms with Crippen molar-refractivity contribution in [2.75, 3.05) is 11.1 Å². The van der Waals surface area contributed by atoms with E-state index in [0.717, 1.165) is 12.2 Å². The van der Waals surface area contributed by atoms with Gasteiger partial charge in [0.2, 0.25) is 0 Å². The van der Waals surface area contributed by atoms with Crippen LogP contribution in [0.25, 0.3) is 0 Å². The molecule has 0 bridgehead atoms. The number of thioether (sulfide) groups is 1. The minimum Gasteiger partial charge on any atom is -0.381 e. The molecular weight excluding hydrogens is 228 g/mol. The highest BCUT2D eigenvalue weighted by Crippen LogP contribution is 2.23. The molecular formula is C14H22N2S. The van der Waals surface area contributed by atoms with E-state index in [4.69, 9.17) is 5.73 Å². The van der Waals surface area contributed by atoms with Crippen LogP contribution >= 0.6 is 11.8 Å². The van der Waals surface area contributed by atoms with Gasteiger partial charge in [0.15, 0.2) is 0 Å². The normalized spacial score (nSPS) is 24.6. The zero-order chi connectivity index (χ0) is 12.1. The summed E-state index contributed by atoms with van der Waals surface area (Å²) in [5.74, 6) is 1.13. The minimum absolute atomic E-state index is 0.313. The van der Waals surface area contributed by atoms with Crippen LogP contribution in [0.3, 0.4) is 0 Å². The predicted octanol–water partition coefficient (Wildman–Crippen LogP) is 3.48. The van der Waals surface area contributed by atoms with Gasteiger partial charge in [-0.3, -0.25) is 0 Å². The molecule has 1 aliphatic rings. The van der Waals surface area contributed by atoms with Crippen molar-refractivity contribution < 1.29 is 0 Å². The maximum absolute atomic E-state index is 6.14. The van der Waals surface area contributed by atoms with Crippen LogP contribution in [-0.2, 0) is 0 Å². The largest absolute Gasteiger partial charge is 0.381 e. The lowest BCUT2D eigenvalue weighted by Gasteiger charge is -2.30. The fourth-order valence-corrected chi connectivity index (χ4v) is 3.03. The van der Waals surface area contributed by atoms with Gasteiger partial charge in [-0.05, 0) is 42.9 Å². The lowest BCUT2D eigenvalue weighted by molar-refractivity contribution is 0.404. The molecule has 0 heterocycles. The Labute approximate surface area is 108 Å².